The van der Waals surface area contributed by atoms with Crippen LogP contribution in [0.1, 0.15) is 11.1 Å². The molecule has 0 saturated carbocycles. The van der Waals surface area contributed by atoms with Gasteiger partial charge in [0.1, 0.15) is 0 Å². The number of halogens is 1. The maximum Gasteiger partial charge on any atom is 0.234 e. The first-order valence-corrected chi connectivity index (χ1v) is 7.50. The predicted octanol–water partition coefficient (Wildman–Crippen LogP) is 3.65. The number of aryl methyl sites for hydroxylation is 1. The molecule has 6 heteroatoms. The molecule has 0 aliphatic heterocycles. The second-order valence-corrected chi connectivity index (χ2v) is 5.72. The van der Waals surface area contributed by atoms with Gasteiger partial charge in [0.2, 0.25) is 5.91 Å². The molecule has 4 nitrogen and oxygen atoms in total. The molecule has 21 heavy (non-hydrogen) atoms. The van der Waals surface area contributed by atoms with Crippen LogP contribution in [0.2, 0.25) is 5.02 Å². The van der Waals surface area contributed by atoms with Gasteiger partial charge in [0.15, 0.2) is 0 Å². The molecule has 2 rings (SSSR count). The highest BCUT2D eigenvalue weighted by Crippen LogP contribution is 2.23. The number of rotatable bonds is 4. The first kappa shape index (κ1) is 15.4. The Labute approximate surface area is 132 Å². The van der Waals surface area contributed by atoms with Crippen molar-refractivity contribution >= 4 is 35.0 Å². The van der Waals surface area contributed by atoms with Crippen LogP contribution in [0.4, 0.5) is 5.69 Å². The summed E-state index contributed by atoms with van der Waals surface area (Å²) in [5.74, 6) is 0.0291. The lowest BCUT2D eigenvalue weighted by atomic mass is 10.2. The van der Waals surface area contributed by atoms with Gasteiger partial charge in [-0.05, 0) is 36.8 Å². The first-order valence-electron chi connectivity index (χ1n) is 6.13. The van der Waals surface area contributed by atoms with Gasteiger partial charge in [0.25, 0.3) is 0 Å². The third-order valence-electron chi connectivity index (χ3n) is 2.61. The molecule has 0 bridgehead atoms. The van der Waals surface area contributed by atoms with E-state index >= 15 is 0 Å². The fourth-order valence-electron chi connectivity index (χ4n) is 1.61. The van der Waals surface area contributed by atoms with Gasteiger partial charge in [-0.2, -0.15) is 5.26 Å². The third kappa shape index (κ3) is 4.48. The smallest absolute Gasteiger partial charge is 0.234 e. The number of pyridine rings is 1. The topological polar surface area (TPSA) is 65.8 Å². The van der Waals surface area contributed by atoms with Crippen molar-refractivity contribution in [1.29, 1.82) is 5.26 Å². The molecule has 0 spiro atoms. The Morgan fingerprint density at radius 3 is 2.95 bits per heavy atom. The summed E-state index contributed by atoms with van der Waals surface area (Å²) in [7, 11) is 0. The van der Waals surface area contributed by atoms with Gasteiger partial charge in [0.05, 0.1) is 33.1 Å². The summed E-state index contributed by atoms with van der Waals surface area (Å²) in [6, 6.07) is 10.8. The SMILES string of the molecule is Cc1ccc(NC(=O)CSc2cc(C#N)ccn2)c(Cl)c1. The molecule has 0 aliphatic rings. The van der Waals surface area contributed by atoms with Crippen molar-refractivity contribution in [2.24, 2.45) is 0 Å². The van der Waals surface area contributed by atoms with Crippen molar-refractivity contribution in [2.45, 2.75) is 11.9 Å². The zero-order valence-electron chi connectivity index (χ0n) is 11.3. The van der Waals surface area contributed by atoms with E-state index in [1.165, 1.54) is 11.8 Å². The van der Waals surface area contributed by atoms with Gasteiger partial charge in [0, 0.05) is 6.20 Å². The lowest BCUT2D eigenvalue weighted by Crippen LogP contribution is -2.14. The predicted molar refractivity (Wildman–Crippen MR) is 84.5 cm³/mol. The Morgan fingerprint density at radius 2 is 2.24 bits per heavy atom. The van der Waals surface area contributed by atoms with E-state index in [4.69, 9.17) is 16.9 Å². The summed E-state index contributed by atoms with van der Waals surface area (Å²) >= 11 is 7.33. The molecule has 0 radical (unpaired) electrons. The van der Waals surface area contributed by atoms with E-state index in [0.717, 1.165) is 5.56 Å². The second kappa shape index (κ2) is 7.11. The van der Waals surface area contributed by atoms with E-state index < -0.39 is 0 Å². The Balaban J connectivity index is 1.94. The Bertz CT molecular complexity index is 712. The van der Waals surface area contributed by atoms with Crippen LogP contribution in [-0.4, -0.2) is 16.6 Å². The monoisotopic (exact) mass is 317 g/mol. The fourth-order valence-corrected chi connectivity index (χ4v) is 2.58. The Morgan fingerprint density at radius 1 is 1.43 bits per heavy atom. The van der Waals surface area contributed by atoms with E-state index in [2.05, 4.69) is 10.3 Å². The van der Waals surface area contributed by atoms with E-state index in [-0.39, 0.29) is 11.7 Å². The van der Waals surface area contributed by atoms with Gasteiger partial charge in [-0.15, -0.1) is 0 Å². The molecule has 2 aromatic rings. The molecule has 0 fully saturated rings. The quantitative estimate of drug-likeness (QED) is 0.874. The molecule has 1 aromatic carbocycles. The number of nitrogens with zero attached hydrogens (tertiary/aromatic N) is 2. The maximum absolute atomic E-state index is 11.9. The summed E-state index contributed by atoms with van der Waals surface area (Å²) in [6.07, 6.45) is 1.55. The van der Waals surface area contributed by atoms with Crippen LogP contribution in [0, 0.1) is 18.3 Å². The number of aromatic nitrogens is 1. The van der Waals surface area contributed by atoms with Crippen LogP contribution < -0.4 is 5.32 Å². The van der Waals surface area contributed by atoms with Crippen LogP contribution in [0.25, 0.3) is 0 Å². The van der Waals surface area contributed by atoms with Gasteiger partial charge >= 0.3 is 0 Å². The van der Waals surface area contributed by atoms with E-state index in [1.807, 2.05) is 19.1 Å². The van der Waals surface area contributed by atoms with Gasteiger partial charge < -0.3 is 5.32 Å². The number of nitrogens with one attached hydrogen (secondary N) is 1. The zero-order valence-corrected chi connectivity index (χ0v) is 12.8. The molecular weight excluding hydrogens is 306 g/mol. The van der Waals surface area contributed by atoms with Crippen LogP contribution >= 0.6 is 23.4 Å². The molecular formula is C15H12ClN3OS. The van der Waals surface area contributed by atoms with E-state index in [9.17, 15) is 4.79 Å². The number of hydrogen-bond acceptors (Lipinski definition) is 4. The first-order chi connectivity index (χ1) is 10.1. The van der Waals surface area contributed by atoms with Gasteiger partial charge in [-0.3, -0.25) is 4.79 Å². The highest BCUT2D eigenvalue weighted by molar-refractivity contribution is 7.99. The molecule has 0 saturated heterocycles. The minimum atomic E-state index is -0.171. The number of thioether (sulfide) groups is 1. The standard InChI is InChI=1S/C15H12ClN3OS/c1-10-2-3-13(12(16)6-10)19-14(20)9-21-15-7-11(8-17)4-5-18-15/h2-7H,9H2,1H3,(H,19,20). The van der Waals surface area contributed by atoms with Gasteiger partial charge in [-0.1, -0.05) is 29.4 Å². The van der Waals surface area contributed by atoms with Gasteiger partial charge in [-0.25, -0.2) is 4.98 Å². The molecule has 0 unspecified atom stereocenters. The van der Waals surface area contributed by atoms with Crippen LogP contribution in [0.5, 0.6) is 0 Å². The van der Waals surface area contributed by atoms with Crippen molar-refractivity contribution < 1.29 is 4.79 Å². The molecule has 1 amide bonds. The summed E-state index contributed by atoms with van der Waals surface area (Å²) < 4.78 is 0. The van der Waals surface area contributed by atoms with Crippen LogP contribution in [0.15, 0.2) is 41.6 Å². The number of anilines is 1. The molecule has 1 N–H and O–H groups in total. The van der Waals surface area contributed by atoms with Crippen molar-refractivity contribution in [3.63, 3.8) is 0 Å². The van der Waals surface area contributed by atoms with Crippen molar-refractivity contribution in [2.75, 3.05) is 11.1 Å². The fraction of sp³-hybridized carbons (Fsp3) is 0.133. The third-order valence-corrected chi connectivity index (χ3v) is 3.85. The number of hydrogen-bond donors (Lipinski definition) is 1. The number of benzene rings is 1. The van der Waals surface area contributed by atoms with E-state index in [0.29, 0.717) is 21.3 Å². The second-order valence-electron chi connectivity index (χ2n) is 4.31. The highest BCUT2D eigenvalue weighted by atomic mass is 35.5. The summed E-state index contributed by atoms with van der Waals surface area (Å²) in [6.45, 7) is 1.93. The molecule has 0 atom stereocenters. The minimum absolute atomic E-state index is 0.171. The Kier molecular flexibility index (Phi) is 5.20. The van der Waals surface area contributed by atoms with Crippen LogP contribution in [0.3, 0.4) is 0 Å². The normalized spacial score (nSPS) is 9.95. The van der Waals surface area contributed by atoms with Crippen molar-refractivity contribution in [1.82, 2.24) is 4.98 Å². The molecule has 1 aromatic heterocycles. The minimum Gasteiger partial charge on any atom is -0.324 e. The number of nitriles is 1. The average molecular weight is 318 g/mol. The zero-order chi connectivity index (χ0) is 15.2. The van der Waals surface area contributed by atoms with E-state index in [1.54, 1.807) is 30.5 Å². The Hall–Kier alpha value is -2.03. The largest absolute Gasteiger partial charge is 0.324 e. The van der Waals surface area contributed by atoms with Crippen molar-refractivity contribution in [3.05, 3.63) is 52.7 Å². The highest BCUT2D eigenvalue weighted by Gasteiger charge is 2.07. The lowest BCUT2D eigenvalue weighted by Gasteiger charge is -2.07. The molecule has 106 valence electrons. The molecule has 0 aliphatic carbocycles. The van der Waals surface area contributed by atoms with Crippen LogP contribution in [-0.2, 0) is 4.79 Å². The average Bonchev–Trinajstić information content (AvgIpc) is 2.48. The molecule has 1 heterocycles. The maximum atomic E-state index is 11.9. The van der Waals surface area contributed by atoms with Crippen molar-refractivity contribution in [3.8, 4) is 6.07 Å². The lowest BCUT2D eigenvalue weighted by molar-refractivity contribution is -0.113. The summed E-state index contributed by atoms with van der Waals surface area (Å²) in [5.41, 5.74) is 2.14. The summed E-state index contributed by atoms with van der Waals surface area (Å²) in [4.78, 5) is 16.0. The number of carbonyl (C=O) groups is 1. The number of amides is 1. The number of carbonyl (C=O) groups excluding carboxylic acids is 1. The summed E-state index contributed by atoms with van der Waals surface area (Å²) in [5, 5.41) is 12.7.